The molecular weight excluding hydrogens is 514 g/mol. The largest absolute Gasteiger partial charge is 0.435 e. The van der Waals surface area contributed by atoms with Crippen LogP contribution in [-0.4, -0.2) is 48.9 Å². The van der Waals surface area contributed by atoms with E-state index in [1.807, 2.05) is 11.0 Å². The number of aryl methyl sites for hydroxylation is 1. The van der Waals surface area contributed by atoms with Gasteiger partial charge in [-0.15, -0.1) is 10.2 Å². The molecule has 1 aliphatic heterocycles. The van der Waals surface area contributed by atoms with Gasteiger partial charge in [-0.25, -0.2) is 9.37 Å². The highest BCUT2D eigenvalue weighted by Gasteiger charge is 2.36. The first-order valence-corrected chi connectivity index (χ1v) is 12.3. The van der Waals surface area contributed by atoms with E-state index in [1.165, 1.54) is 18.5 Å². The number of benzene rings is 3. The molecule has 1 atom stereocenters. The van der Waals surface area contributed by atoms with Crippen LogP contribution in [0, 0.1) is 5.82 Å². The summed E-state index contributed by atoms with van der Waals surface area (Å²) in [5.41, 5.74) is 1.63. The number of rotatable bonds is 5. The molecule has 0 aliphatic carbocycles. The molecule has 1 N–H and O–H groups in total. The number of alkyl halides is 3. The fraction of sp³-hybridized carbons (Fsp3) is 0.250. The third-order valence-corrected chi connectivity index (χ3v) is 6.86. The van der Waals surface area contributed by atoms with Crippen molar-refractivity contribution in [2.24, 2.45) is 7.05 Å². The average molecular weight is 538 g/mol. The van der Waals surface area contributed by atoms with Crippen molar-refractivity contribution in [3.8, 4) is 34.0 Å². The summed E-state index contributed by atoms with van der Waals surface area (Å²) in [5, 5.41) is 17.8. The number of nitrogens with zero attached hydrogens (tertiary/aromatic N) is 5. The summed E-state index contributed by atoms with van der Waals surface area (Å²) in [6.07, 6.45) is -3.02. The molecule has 2 aromatic heterocycles. The minimum atomic E-state index is -4.64. The van der Waals surface area contributed by atoms with E-state index in [1.54, 1.807) is 41.9 Å². The van der Waals surface area contributed by atoms with E-state index >= 15 is 0 Å². The van der Waals surface area contributed by atoms with Gasteiger partial charge in [-0.05, 0) is 59.5 Å². The van der Waals surface area contributed by atoms with Crippen molar-refractivity contribution < 1.29 is 27.1 Å². The molecule has 0 saturated carbocycles. The van der Waals surface area contributed by atoms with Gasteiger partial charge in [-0.2, -0.15) is 13.2 Å². The molecule has 1 fully saturated rings. The molecule has 39 heavy (non-hydrogen) atoms. The summed E-state index contributed by atoms with van der Waals surface area (Å²) in [6, 6.07) is 14.0. The second kappa shape index (κ2) is 9.58. The molecule has 0 unspecified atom stereocenters. The van der Waals surface area contributed by atoms with Gasteiger partial charge < -0.3 is 14.1 Å². The molecule has 0 spiro atoms. The lowest BCUT2D eigenvalue weighted by atomic mass is 9.97. The highest BCUT2D eigenvalue weighted by atomic mass is 19.4. The summed E-state index contributed by atoms with van der Waals surface area (Å²) in [6.45, 7) is 1.29. The van der Waals surface area contributed by atoms with E-state index in [-0.39, 0.29) is 23.5 Å². The summed E-state index contributed by atoms with van der Waals surface area (Å²) in [5.74, 6) is 0.0591. The summed E-state index contributed by atoms with van der Waals surface area (Å²) < 4.78 is 63.6. The third kappa shape index (κ3) is 4.90. The van der Waals surface area contributed by atoms with Crippen LogP contribution in [0.4, 0.5) is 17.6 Å². The van der Waals surface area contributed by atoms with Crippen molar-refractivity contribution >= 4 is 11.1 Å². The van der Waals surface area contributed by atoms with Crippen LogP contribution < -0.4 is 0 Å². The molecule has 5 aromatic rings. The van der Waals surface area contributed by atoms with Crippen molar-refractivity contribution in [3.63, 3.8) is 0 Å². The van der Waals surface area contributed by atoms with Crippen molar-refractivity contribution in [1.82, 2.24) is 24.6 Å². The summed E-state index contributed by atoms with van der Waals surface area (Å²) >= 11 is 0. The van der Waals surface area contributed by atoms with Crippen LogP contribution in [0.2, 0.25) is 0 Å². The lowest BCUT2D eigenvalue weighted by molar-refractivity contribution is -0.136. The van der Waals surface area contributed by atoms with Gasteiger partial charge >= 0.3 is 6.18 Å². The first-order chi connectivity index (χ1) is 18.7. The van der Waals surface area contributed by atoms with Crippen LogP contribution in [0.5, 0.6) is 0 Å². The standard InChI is InChI=1S/C28H23F4N5O2/c1-36-15-33-35-26(36)22-12-19(29)5-6-21(22)17-3-2-4-18(11-17)27-34-24-10-16(13-37-8-7-20(38)14-37)9-23(25(24)39-27)28(30,31)32/h2-6,9-12,15,20,38H,7-8,13-14H2,1H3/t20-/m0/s1. The molecule has 6 rings (SSSR count). The zero-order valence-electron chi connectivity index (χ0n) is 20.8. The maximum absolute atomic E-state index is 14.2. The van der Waals surface area contributed by atoms with E-state index in [4.69, 9.17) is 4.42 Å². The third-order valence-electron chi connectivity index (χ3n) is 6.86. The van der Waals surface area contributed by atoms with E-state index < -0.39 is 23.7 Å². The highest BCUT2D eigenvalue weighted by Crippen LogP contribution is 2.39. The number of aliphatic hydroxyl groups excluding tert-OH is 1. The summed E-state index contributed by atoms with van der Waals surface area (Å²) in [7, 11) is 1.75. The molecular formula is C28H23F4N5O2. The Kier molecular flexibility index (Phi) is 6.19. The maximum Gasteiger partial charge on any atom is 0.420 e. The van der Waals surface area contributed by atoms with Gasteiger partial charge in [0, 0.05) is 37.8 Å². The zero-order valence-corrected chi connectivity index (χ0v) is 20.8. The van der Waals surface area contributed by atoms with E-state index in [9.17, 15) is 22.7 Å². The minimum Gasteiger partial charge on any atom is -0.435 e. The average Bonchev–Trinajstić information content (AvgIpc) is 3.62. The fourth-order valence-corrected chi connectivity index (χ4v) is 5.03. The van der Waals surface area contributed by atoms with Crippen LogP contribution in [-0.2, 0) is 19.8 Å². The molecule has 200 valence electrons. The molecule has 3 aromatic carbocycles. The Morgan fingerprint density at radius 3 is 2.59 bits per heavy atom. The number of β-amino-alcohol motifs (C(OH)–C–C–N with tert-alkyl or cyclic N) is 1. The highest BCUT2D eigenvalue weighted by molar-refractivity contribution is 5.84. The monoisotopic (exact) mass is 537 g/mol. The normalized spacial score (nSPS) is 16.4. The number of fused-ring (bicyclic) bond motifs is 1. The van der Waals surface area contributed by atoms with Gasteiger partial charge in [0.2, 0.25) is 5.89 Å². The predicted octanol–water partition coefficient (Wildman–Crippen LogP) is 5.68. The van der Waals surface area contributed by atoms with Gasteiger partial charge in [-0.1, -0.05) is 18.2 Å². The van der Waals surface area contributed by atoms with Crippen molar-refractivity contribution in [2.75, 3.05) is 13.1 Å². The quantitative estimate of drug-likeness (QED) is 0.291. The fourth-order valence-electron chi connectivity index (χ4n) is 5.03. The lowest BCUT2D eigenvalue weighted by Gasteiger charge is -2.16. The number of aliphatic hydroxyl groups is 1. The van der Waals surface area contributed by atoms with Crippen molar-refractivity contribution in [2.45, 2.75) is 25.2 Å². The Labute approximate surface area is 220 Å². The number of aromatic nitrogens is 4. The number of halogens is 4. The molecule has 1 saturated heterocycles. The molecule has 11 heteroatoms. The maximum atomic E-state index is 14.2. The van der Waals surface area contributed by atoms with Gasteiger partial charge in [0.15, 0.2) is 11.4 Å². The Bertz CT molecular complexity index is 1680. The van der Waals surface area contributed by atoms with Gasteiger partial charge in [0.1, 0.15) is 23.2 Å². The van der Waals surface area contributed by atoms with Crippen molar-refractivity contribution in [3.05, 3.63) is 77.9 Å². The molecule has 0 bridgehead atoms. The van der Waals surface area contributed by atoms with E-state index in [0.29, 0.717) is 53.2 Å². The Balaban J connectivity index is 1.42. The molecule has 7 nitrogen and oxygen atoms in total. The number of oxazole rings is 1. The first kappa shape index (κ1) is 25.2. The molecule has 0 radical (unpaired) electrons. The number of likely N-dealkylation sites (tertiary alicyclic amines) is 1. The van der Waals surface area contributed by atoms with E-state index in [2.05, 4.69) is 15.2 Å². The van der Waals surface area contributed by atoms with Crippen LogP contribution in [0.3, 0.4) is 0 Å². The van der Waals surface area contributed by atoms with Crippen LogP contribution >= 0.6 is 0 Å². The predicted molar refractivity (Wildman–Crippen MR) is 136 cm³/mol. The zero-order chi connectivity index (χ0) is 27.3. The van der Waals surface area contributed by atoms with Gasteiger partial charge in [0.05, 0.1) is 6.10 Å². The first-order valence-electron chi connectivity index (χ1n) is 12.3. The van der Waals surface area contributed by atoms with Gasteiger partial charge in [-0.3, -0.25) is 4.90 Å². The minimum absolute atomic E-state index is 0.0356. The molecule has 3 heterocycles. The Hall–Kier alpha value is -4.09. The number of hydrogen-bond acceptors (Lipinski definition) is 6. The van der Waals surface area contributed by atoms with Crippen LogP contribution in [0.25, 0.3) is 45.1 Å². The smallest absolute Gasteiger partial charge is 0.420 e. The van der Waals surface area contributed by atoms with Gasteiger partial charge in [0.25, 0.3) is 0 Å². The SMILES string of the molecule is Cn1cnnc1-c1cc(F)ccc1-c1cccc(-c2nc3cc(CN4CC[C@H](O)C4)cc(C(F)(F)F)c3o2)c1. The molecule has 0 amide bonds. The Morgan fingerprint density at radius 1 is 1.05 bits per heavy atom. The van der Waals surface area contributed by atoms with Crippen LogP contribution in [0.15, 0.2) is 65.3 Å². The second-order valence-electron chi connectivity index (χ2n) is 9.72. The molecule has 1 aliphatic rings. The number of hydrogen-bond donors (Lipinski definition) is 1. The summed E-state index contributed by atoms with van der Waals surface area (Å²) in [4.78, 5) is 6.33. The van der Waals surface area contributed by atoms with E-state index in [0.717, 1.165) is 6.07 Å². The topological polar surface area (TPSA) is 80.2 Å². The second-order valence-corrected chi connectivity index (χ2v) is 9.72. The van der Waals surface area contributed by atoms with Crippen LogP contribution in [0.1, 0.15) is 17.5 Å². The Morgan fingerprint density at radius 2 is 1.87 bits per heavy atom. The lowest BCUT2D eigenvalue weighted by Crippen LogP contribution is -2.21. The van der Waals surface area contributed by atoms with Crippen molar-refractivity contribution in [1.29, 1.82) is 0 Å².